The summed E-state index contributed by atoms with van der Waals surface area (Å²) in [6.07, 6.45) is -1.91. The predicted molar refractivity (Wildman–Crippen MR) is 124 cm³/mol. The molecule has 4 rings (SSSR count). The monoisotopic (exact) mass is 458 g/mol. The van der Waals surface area contributed by atoms with Gasteiger partial charge in [-0.25, -0.2) is 0 Å². The number of hydrogen-bond acceptors (Lipinski definition) is 6. The Hall–Kier alpha value is -1.58. The molecule has 0 bridgehead atoms. The summed E-state index contributed by atoms with van der Waals surface area (Å²) in [6, 6.07) is 20.7. The summed E-state index contributed by atoms with van der Waals surface area (Å²) in [7, 11) is -2.77. The van der Waals surface area contributed by atoms with Crippen LogP contribution in [0.15, 0.2) is 60.7 Å². The molecular weight excluding hydrogens is 424 g/mol. The fraction of sp³-hybridized carbons (Fsp3) is 0.520. The van der Waals surface area contributed by atoms with Crippen LogP contribution in [0.25, 0.3) is 0 Å². The molecule has 0 radical (unpaired) electrons. The quantitative estimate of drug-likeness (QED) is 0.646. The number of aliphatic hydroxyl groups excluding tert-OH is 1. The van der Waals surface area contributed by atoms with Crippen LogP contribution in [0.1, 0.15) is 34.6 Å². The average Bonchev–Trinajstić information content (AvgIpc) is 3.21. The van der Waals surface area contributed by atoms with E-state index in [-0.39, 0.29) is 11.6 Å². The fourth-order valence-electron chi connectivity index (χ4n) is 5.03. The van der Waals surface area contributed by atoms with Gasteiger partial charge >= 0.3 is 0 Å². The zero-order valence-corrected chi connectivity index (χ0v) is 20.4. The van der Waals surface area contributed by atoms with Gasteiger partial charge < -0.3 is 28.8 Å². The van der Waals surface area contributed by atoms with Crippen LogP contribution in [0.5, 0.6) is 0 Å². The molecule has 2 saturated heterocycles. The van der Waals surface area contributed by atoms with E-state index in [0.29, 0.717) is 0 Å². The summed E-state index contributed by atoms with van der Waals surface area (Å²) < 4.78 is 24.8. The van der Waals surface area contributed by atoms with Gasteiger partial charge in [-0.05, 0) is 29.3 Å². The molecule has 0 spiro atoms. The molecule has 0 aromatic heterocycles. The summed E-state index contributed by atoms with van der Waals surface area (Å²) in [5.41, 5.74) is 0. The zero-order chi connectivity index (χ0) is 23.2. The van der Waals surface area contributed by atoms with Crippen LogP contribution in [-0.2, 0) is 18.6 Å². The third-order valence-electron chi connectivity index (χ3n) is 6.40. The van der Waals surface area contributed by atoms with E-state index >= 15 is 0 Å². The smallest absolute Gasteiger partial charge is 0.261 e. The Morgan fingerprint density at radius 2 is 1.44 bits per heavy atom. The van der Waals surface area contributed by atoms with E-state index in [0.717, 1.165) is 10.4 Å². The molecule has 0 saturated carbocycles. The van der Waals surface area contributed by atoms with Crippen LogP contribution in [0.2, 0.25) is 5.04 Å². The topological polar surface area (TPSA) is 77.4 Å². The molecule has 2 unspecified atom stereocenters. The normalized spacial score (nSPS) is 29.8. The van der Waals surface area contributed by atoms with Crippen molar-refractivity contribution in [1.82, 2.24) is 0 Å². The van der Waals surface area contributed by atoms with Crippen molar-refractivity contribution in [3.05, 3.63) is 60.7 Å². The van der Waals surface area contributed by atoms with Crippen molar-refractivity contribution in [1.29, 1.82) is 0 Å². The highest BCUT2D eigenvalue weighted by Crippen LogP contribution is 2.44. The second kappa shape index (κ2) is 8.33. The molecule has 2 aliphatic rings. The van der Waals surface area contributed by atoms with Gasteiger partial charge in [0.25, 0.3) is 8.32 Å². The second-order valence-corrected chi connectivity index (χ2v) is 14.5. The Balaban J connectivity index is 1.72. The van der Waals surface area contributed by atoms with Crippen molar-refractivity contribution in [2.24, 2.45) is 0 Å². The van der Waals surface area contributed by atoms with Gasteiger partial charge in [-0.15, -0.1) is 0 Å². The molecule has 0 amide bonds. The van der Waals surface area contributed by atoms with E-state index in [9.17, 15) is 10.2 Å². The molecule has 6 nitrogen and oxygen atoms in total. The van der Waals surface area contributed by atoms with Crippen molar-refractivity contribution >= 4 is 18.7 Å². The van der Waals surface area contributed by atoms with Crippen molar-refractivity contribution in [3.63, 3.8) is 0 Å². The largest absolute Gasteiger partial charge is 0.405 e. The van der Waals surface area contributed by atoms with E-state index < -0.39 is 44.8 Å². The van der Waals surface area contributed by atoms with Gasteiger partial charge in [0.2, 0.25) is 5.79 Å². The molecule has 2 heterocycles. The minimum Gasteiger partial charge on any atom is -0.405 e. The van der Waals surface area contributed by atoms with Gasteiger partial charge in [0, 0.05) is 0 Å². The molecule has 7 heteroatoms. The number of fused-ring (bicyclic) bond motifs is 1. The number of hydrogen-bond donors (Lipinski definition) is 2. The zero-order valence-electron chi connectivity index (χ0n) is 19.4. The van der Waals surface area contributed by atoms with Gasteiger partial charge in [-0.2, -0.15) is 0 Å². The molecule has 2 N–H and O–H groups in total. The Morgan fingerprint density at radius 1 is 0.906 bits per heavy atom. The lowest BCUT2D eigenvalue weighted by Gasteiger charge is -2.43. The number of benzene rings is 2. The molecule has 2 aromatic rings. The second-order valence-electron chi connectivity index (χ2n) is 10.2. The lowest BCUT2D eigenvalue weighted by Crippen LogP contribution is -2.67. The van der Waals surface area contributed by atoms with E-state index in [1.165, 1.54) is 0 Å². The Bertz CT molecular complexity index is 874. The van der Waals surface area contributed by atoms with Crippen LogP contribution >= 0.6 is 0 Å². The molecule has 32 heavy (non-hydrogen) atoms. The summed E-state index contributed by atoms with van der Waals surface area (Å²) in [6.45, 7) is 9.84. The third-order valence-corrected chi connectivity index (χ3v) is 11.4. The van der Waals surface area contributed by atoms with Crippen molar-refractivity contribution in [3.8, 4) is 0 Å². The first-order chi connectivity index (χ1) is 15.0. The summed E-state index contributed by atoms with van der Waals surface area (Å²) in [5, 5.41) is 22.8. The van der Waals surface area contributed by atoms with Crippen LogP contribution in [0.4, 0.5) is 0 Å². The van der Waals surface area contributed by atoms with Gasteiger partial charge in [-0.1, -0.05) is 81.4 Å². The highest BCUT2D eigenvalue weighted by Gasteiger charge is 2.63. The maximum absolute atomic E-state index is 10.9. The van der Waals surface area contributed by atoms with Gasteiger partial charge in [0.1, 0.15) is 18.3 Å². The molecular formula is C25H34O6Si. The number of ether oxygens (including phenoxy) is 3. The standard InChI is InChI=1S/C25H34O6Si/c1-23(2,3)32(18-12-8-6-9-13-18,19-14-10-7-11-15-19)28-16-20-21-22(25(27,17-26)29-20)31-24(4,5)30-21/h6-15,20-22,26-27H,16-17H2,1-5H3/t20-,21?,22?,25+/m1/s1. The van der Waals surface area contributed by atoms with Crippen molar-refractivity contribution in [2.75, 3.05) is 13.2 Å². The molecule has 174 valence electrons. The maximum atomic E-state index is 10.9. The first-order valence-corrected chi connectivity index (χ1v) is 13.0. The van der Waals surface area contributed by atoms with Crippen LogP contribution in [-0.4, -0.2) is 61.6 Å². The van der Waals surface area contributed by atoms with E-state index in [1.54, 1.807) is 13.8 Å². The number of aliphatic hydroxyl groups is 2. The average molecular weight is 459 g/mol. The highest BCUT2D eigenvalue weighted by atomic mass is 28.4. The van der Waals surface area contributed by atoms with Crippen molar-refractivity contribution < 1.29 is 28.8 Å². The number of rotatable bonds is 6. The minimum atomic E-state index is -2.77. The lowest BCUT2D eigenvalue weighted by molar-refractivity contribution is -0.286. The molecule has 0 aliphatic carbocycles. The van der Waals surface area contributed by atoms with E-state index in [2.05, 4.69) is 45.0 Å². The van der Waals surface area contributed by atoms with Crippen molar-refractivity contribution in [2.45, 2.75) is 69.5 Å². The van der Waals surface area contributed by atoms with Crippen LogP contribution in [0.3, 0.4) is 0 Å². The molecule has 2 aliphatic heterocycles. The van der Waals surface area contributed by atoms with Gasteiger partial charge in [0.05, 0.1) is 13.2 Å². The van der Waals surface area contributed by atoms with Crippen LogP contribution in [0, 0.1) is 0 Å². The summed E-state index contributed by atoms with van der Waals surface area (Å²) in [5.74, 6) is -2.70. The minimum absolute atomic E-state index is 0.187. The van der Waals surface area contributed by atoms with E-state index in [1.807, 2.05) is 36.4 Å². The van der Waals surface area contributed by atoms with Crippen LogP contribution < -0.4 is 10.4 Å². The molecule has 2 fully saturated rings. The molecule has 2 aromatic carbocycles. The summed E-state index contributed by atoms with van der Waals surface area (Å²) in [4.78, 5) is 0. The molecule has 4 atom stereocenters. The van der Waals surface area contributed by atoms with E-state index in [4.69, 9.17) is 18.6 Å². The fourth-order valence-corrected chi connectivity index (χ4v) is 9.60. The lowest BCUT2D eigenvalue weighted by atomic mass is 10.1. The Morgan fingerprint density at radius 3 is 1.91 bits per heavy atom. The first kappa shape index (κ1) is 23.6. The third kappa shape index (κ3) is 3.96. The van der Waals surface area contributed by atoms with Gasteiger partial charge in [0.15, 0.2) is 5.79 Å². The Labute approximate surface area is 191 Å². The highest BCUT2D eigenvalue weighted by molar-refractivity contribution is 6.99. The summed E-state index contributed by atoms with van der Waals surface area (Å²) >= 11 is 0. The SMILES string of the molecule is CC1(C)OC2C(O1)[C@](O)(CO)O[C@@H]2CO[Si](c1ccccc1)(c1ccccc1)C(C)(C)C. The maximum Gasteiger partial charge on any atom is 0.261 e. The first-order valence-electron chi connectivity index (χ1n) is 11.1. The van der Waals surface area contributed by atoms with Gasteiger partial charge in [-0.3, -0.25) is 0 Å². The Kier molecular flexibility index (Phi) is 6.13. The predicted octanol–water partition coefficient (Wildman–Crippen LogP) is 2.16.